The Morgan fingerprint density at radius 1 is 1.19 bits per heavy atom. The van der Waals surface area contributed by atoms with Crippen LogP contribution in [-0.2, 0) is 7.05 Å². The third-order valence-corrected chi connectivity index (χ3v) is 5.48. The van der Waals surface area contributed by atoms with Gasteiger partial charge in [0.25, 0.3) is 5.91 Å². The second-order valence-electron chi connectivity index (χ2n) is 6.75. The molecule has 27 heavy (non-hydrogen) atoms. The highest BCUT2D eigenvalue weighted by molar-refractivity contribution is 6.36. The van der Waals surface area contributed by atoms with Crippen molar-refractivity contribution in [3.8, 4) is 11.3 Å². The topological polar surface area (TPSA) is 77.0 Å². The average Bonchev–Trinajstić information content (AvgIpc) is 3.04. The van der Waals surface area contributed by atoms with Gasteiger partial charge in [0.2, 0.25) is 0 Å². The van der Waals surface area contributed by atoms with Gasteiger partial charge in [-0.1, -0.05) is 23.2 Å². The zero-order chi connectivity index (χ0) is 19.1. The standard InChI is InChI=1S/C19H19Cl2N5O/c1-25-10-23-16-17(25)14(19(27)26-7-3-2-4-8-26)15(24-18(16)22)12-6-5-11(20)9-13(12)21/h5-6,9-10H,2-4,7-8H2,1H3,(H2,22,24). The van der Waals surface area contributed by atoms with Crippen molar-refractivity contribution in [1.29, 1.82) is 0 Å². The summed E-state index contributed by atoms with van der Waals surface area (Å²) in [6.45, 7) is 1.46. The fourth-order valence-electron chi connectivity index (χ4n) is 3.59. The number of anilines is 1. The predicted molar refractivity (Wildman–Crippen MR) is 108 cm³/mol. The van der Waals surface area contributed by atoms with Crippen LogP contribution in [0, 0.1) is 0 Å². The van der Waals surface area contributed by atoms with Gasteiger partial charge in [-0.3, -0.25) is 4.79 Å². The fraction of sp³-hybridized carbons (Fsp3) is 0.316. The maximum Gasteiger partial charge on any atom is 0.258 e. The number of benzene rings is 1. The van der Waals surface area contributed by atoms with E-state index in [0.717, 1.165) is 32.4 Å². The minimum atomic E-state index is -0.0724. The molecule has 3 aromatic rings. The molecule has 4 rings (SSSR count). The van der Waals surface area contributed by atoms with Crippen LogP contribution in [-0.4, -0.2) is 38.4 Å². The van der Waals surface area contributed by atoms with Crippen LogP contribution in [0.15, 0.2) is 24.5 Å². The number of hydrogen-bond donors (Lipinski definition) is 1. The number of hydrogen-bond acceptors (Lipinski definition) is 4. The molecule has 0 atom stereocenters. The van der Waals surface area contributed by atoms with Crippen molar-refractivity contribution in [3.63, 3.8) is 0 Å². The summed E-state index contributed by atoms with van der Waals surface area (Å²) in [4.78, 5) is 24.2. The van der Waals surface area contributed by atoms with Crippen LogP contribution in [0.2, 0.25) is 10.0 Å². The molecule has 3 heterocycles. The van der Waals surface area contributed by atoms with Gasteiger partial charge in [-0.05, 0) is 37.5 Å². The van der Waals surface area contributed by atoms with E-state index in [-0.39, 0.29) is 11.7 Å². The highest BCUT2D eigenvalue weighted by Crippen LogP contribution is 2.36. The second-order valence-corrected chi connectivity index (χ2v) is 7.59. The molecule has 2 aromatic heterocycles. The van der Waals surface area contributed by atoms with Gasteiger partial charge in [-0.2, -0.15) is 0 Å². The second kappa shape index (κ2) is 7.02. The van der Waals surface area contributed by atoms with E-state index in [2.05, 4.69) is 9.97 Å². The van der Waals surface area contributed by atoms with Crippen molar-refractivity contribution in [1.82, 2.24) is 19.4 Å². The summed E-state index contributed by atoms with van der Waals surface area (Å²) < 4.78 is 1.80. The zero-order valence-corrected chi connectivity index (χ0v) is 16.4. The molecule has 0 unspecified atom stereocenters. The maximum absolute atomic E-state index is 13.5. The smallest absolute Gasteiger partial charge is 0.258 e. The summed E-state index contributed by atoms with van der Waals surface area (Å²) in [5.74, 6) is 0.193. The lowest BCUT2D eigenvalue weighted by atomic mass is 10.0. The highest BCUT2D eigenvalue weighted by atomic mass is 35.5. The predicted octanol–water partition coefficient (Wildman–Crippen LogP) is 4.15. The number of piperidine rings is 1. The molecular formula is C19H19Cl2N5O. The summed E-state index contributed by atoms with van der Waals surface area (Å²) >= 11 is 12.5. The number of imidazole rings is 1. The molecule has 2 N–H and O–H groups in total. The van der Waals surface area contributed by atoms with Crippen LogP contribution in [0.3, 0.4) is 0 Å². The van der Waals surface area contributed by atoms with Crippen molar-refractivity contribution >= 4 is 46.0 Å². The molecule has 1 saturated heterocycles. The third kappa shape index (κ3) is 3.13. The van der Waals surface area contributed by atoms with Crippen molar-refractivity contribution in [2.75, 3.05) is 18.8 Å². The van der Waals surface area contributed by atoms with Gasteiger partial charge in [0.05, 0.1) is 28.1 Å². The van der Waals surface area contributed by atoms with Gasteiger partial charge < -0.3 is 15.2 Å². The molecule has 6 nitrogen and oxygen atoms in total. The number of carbonyl (C=O) groups is 1. The van der Waals surface area contributed by atoms with Crippen LogP contribution in [0.4, 0.5) is 5.82 Å². The molecule has 0 spiro atoms. The minimum absolute atomic E-state index is 0.0724. The number of aromatic nitrogens is 3. The Hall–Kier alpha value is -2.31. The summed E-state index contributed by atoms with van der Waals surface area (Å²) in [7, 11) is 1.84. The molecule has 0 bridgehead atoms. The number of nitrogens with two attached hydrogens (primary N) is 1. The van der Waals surface area contributed by atoms with Crippen molar-refractivity contribution in [3.05, 3.63) is 40.1 Å². The highest BCUT2D eigenvalue weighted by Gasteiger charge is 2.28. The van der Waals surface area contributed by atoms with E-state index in [9.17, 15) is 4.79 Å². The molecule has 8 heteroatoms. The Labute approximate surface area is 166 Å². The van der Waals surface area contributed by atoms with E-state index in [1.807, 2.05) is 11.9 Å². The molecule has 1 aliphatic heterocycles. The van der Waals surface area contributed by atoms with E-state index in [0.29, 0.717) is 37.9 Å². The first-order chi connectivity index (χ1) is 13.0. The summed E-state index contributed by atoms with van der Waals surface area (Å²) in [5, 5.41) is 0.936. The summed E-state index contributed by atoms with van der Waals surface area (Å²) in [6.07, 6.45) is 4.78. The first-order valence-electron chi connectivity index (χ1n) is 8.82. The van der Waals surface area contributed by atoms with Gasteiger partial charge in [-0.25, -0.2) is 9.97 Å². The Morgan fingerprint density at radius 2 is 1.93 bits per heavy atom. The Bertz CT molecular complexity index is 1040. The van der Waals surface area contributed by atoms with Gasteiger partial charge in [0, 0.05) is 30.7 Å². The monoisotopic (exact) mass is 403 g/mol. The Kier molecular flexibility index (Phi) is 4.70. The Balaban J connectivity index is 2.00. The van der Waals surface area contributed by atoms with E-state index in [4.69, 9.17) is 28.9 Å². The zero-order valence-electron chi connectivity index (χ0n) is 14.9. The molecule has 0 radical (unpaired) electrons. The van der Waals surface area contributed by atoms with E-state index in [1.54, 1.807) is 29.1 Å². The van der Waals surface area contributed by atoms with E-state index in [1.165, 1.54) is 0 Å². The lowest BCUT2D eigenvalue weighted by Gasteiger charge is -2.28. The first kappa shape index (κ1) is 18.1. The number of rotatable bonds is 2. The summed E-state index contributed by atoms with van der Waals surface area (Å²) in [6, 6.07) is 5.13. The van der Waals surface area contributed by atoms with Gasteiger partial charge >= 0.3 is 0 Å². The molecule has 1 amide bonds. The Morgan fingerprint density at radius 3 is 2.63 bits per heavy atom. The SMILES string of the molecule is Cn1cnc2c(N)nc(-c3ccc(Cl)cc3Cl)c(C(=O)N3CCCCC3)c21. The number of nitrogen functional groups attached to an aromatic ring is 1. The van der Waals surface area contributed by atoms with Crippen LogP contribution < -0.4 is 5.73 Å². The number of aryl methyl sites for hydroxylation is 1. The molecular weight excluding hydrogens is 385 g/mol. The van der Waals surface area contributed by atoms with Gasteiger partial charge in [-0.15, -0.1) is 0 Å². The van der Waals surface area contributed by atoms with Crippen LogP contribution in [0.25, 0.3) is 22.3 Å². The van der Waals surface area contributed by atoms with Crippen molar-refractivity contribution in [2.24, 2.45) is 7.05 Å². The van der Waals surface area contributed by atoms with Gasteiger partial charge in [0.1, 0.15) is 5.52 Å². The number of halogens is 2. The number of fused-ring (bicyclic) bond motifs is 1. The number of nitrogens with zero attached hydrogens (tertiary/aromatic N) is 4. The first-order valence-corrected chi connectivity index (χ1v) is 9.58. The number of pyridine rings is 1. The van der Waals surface area contributed by atoms with E-state index < -0.39 is 0 Å². The lowest BCUT2D eigenvalue weighted by Crippen LogP contribution is -2.36. The molecule has 0 aliphatic carbocycles. The number of amides is 1. The van der Waals surface area contributed by atoms with Crippen LogP contribution >= 0.6 is 23.2 Å². The minimum Gasteiger partial charge on any atom is -0.382 e. The lowest BCUT2D eigenvalue weighted by molar-refractivity contribution is 0.0726. The van der Waals surface area contributed by atoms with Crippen molar-refractivity contribution < 1.29 is 4.79 Å². The number of likely N-dealkylation sites (tertiary alicyclic amines) is 1. The molecule has 0 saturated carbocycles. The number of carbonyl (C=O) groups excluding carboxylic acids is 1. The maximum atomic E-state index is 13.5. The quantitative estimate of drug-likeness (QED) is 0.696. The summed E-state index contributed by atoms with van der Waals surface area (Å²) in [5.41, 5.74) is 8.90. The van der Waals surface area contributed by atoms with Crippen LogP contribution in [0.1, 0.15) is 29.6 Å². The molecule has 1 aliphatic rings. The molecule has 1 aromatic carbocycles. The third-order valence-electron chi connectivity index (χ3n) is 4.93. The average molecular weight is 404 g/mol. The van der Waals surface area contributed by atoms with Crippen molar-refractivity contribution in [2.45, 2.75) is 19.3 Å². The molecule has 1 fully saturated rings. The normalized spacial score (nSPS) is 14.7. The fourth-order valence-corrected chi connectivity index (χ4v) is 4.09. The largest absolute Gasteiger partial charge is 0.382 e. The van der Waals surface area contributed by atoms with Gasteiger partial charge in [0.15, 0.2) is 5.82 Å². The van der Waals surface area contributed by atoms with E-state index >= 15 is 0 Å². The molecule has 140 valence electrons. The van der Waals surface area contributed by atoms with Crippen LogP contribution in [0.5, 0.6) is 0 Å².